The van der Waals surface area contributed by atoms with Crippen molar-refractivity contribution in [2.75, 3.05) is 38.2 Å². The van der Waals surface area contributed by atoms with Crippen LogP contribution in [0.15, 0.2) is 66.7 Å². The molecule has 0 saturated carbocycles. The van der Waals surface area contributed by atoms with Crippen molar-refractivity contribution in [3.8, 4) is 5.75 Å². The van der Waals surface area contributed by atoms with E-state index in [1.807, 2.05) is 0 Å². The first-order valence-corrected chi connectivity index (χ1v) is 14.8. The summed E-state index contributed by atoms with van der Waals surface area (Å²) < 4.78 is 16.9. The van der Waals surface area contributed by atoms with Gasteiger partial charge in [-0.2, -0.15) is 0 Å². The molecule has 0 aliphatic rings. The normalized spacial score (nSPS) is 11.5. The second-order valence-electron chi connectivity index (χ2n) is 9.74. The summed E-state index contributed by atoms with van der Waals surface area (Å²) in [6.45, 7) is 3.77. The van der Waals surface area contributed by atoms with E-state index < -0.39 is 17.0 Å². The molecule has 3 aromatic carbocycles. The Morgan fingerprint density at radius 3 is 2.25 bits per heavy atom. The van der Waals surface area contributed by atoms with E-state index in [2.05, 4.69) is 5.32 Å². The number of anilines is 1. The molecule has 3 rings (SSSR count). The fourth-order valence-corrected chi connectivity index (χ4v) is 4.77. The van der Waals surface area contributed by atoms with Gasteiger partial charge in [-0.05, 0) is 73.4 Å². The first-order valence-electron chi connectivity index (χ1n) is 14.0. The van der Waals surface area contributed by atoms with Gasteiger partial charge in [0, 0.05) is 54.0 Å². The molecular weight excluding hydrogens is 613 g/mol. The van der Waals surface area contributed by atoms with Crippen LogP contribution < -0.4 is 10.1 Å². The molecule has 1 unspecified atom stereocenters. The Kier molecular flexibility index (Phi) is 14.2. The Morgan fingerprint density at radius 1 is 0.955 bits per heavy atom. The number of hydrogen-bond acceptors (Lipinski definition) is 7. The highest BCUT2D eigenvalue weighted by molar-refractivity contribution is 6.34. The highest BCUT2D eigenvalue weighted by atomic mass is 35.5. The maximum atomic E-state index is 13.1. The van der Waals surface area contributed by atoms with E-state index in [1.165, 1.54) is 24.3 Å². The van der Waals surface area contributed by atoms with E-state index in [9.17, 15) is 24.8 Å². The van der Waals surface area contributed by atoms with Gasteiger partial charge in [-0.25, -0.2) is 9.59 Å². The van der Waals surface area contributed by atoms with Crippen LogP contribution in [0.1, 0.15) is 30.9 Å². The molecular formula is C31H35Cl2N3O8. The van der Waals surface area contributed by atoms with E-state index in [0.29, 0.717) is 60.7 Å². The Hall–Kier alpha value is -3.90. The minimum absolute atomic E-state index is 0.0734. The van der Waals surface area contributed by atoms with Crippen molar-refractivity contribution in [1.82, 2.24) is 4.90 Å². The van der Waals surface area contributed by atoms with Gasteiger partial charge >= 0.3 is 12.0 Å². The lowest BCUT2D eigenvalue weighted by Crippen LogP contribution is -2.38. The number of nitrogens with one attached hydrogen (secondary N) is 1. The second kappa shape index (κ2) is 18.0. The van der Waals surface area contributed by atoms with Crippen LogP contribution in [-0.2, 0) is 27.3 Å². The van der Waals surface area contributed by atoms with Gasteiger partial charge in [0.15, 0.2) is 6.10 Å². The molecule has 1 atom stereocenters. The topological polar surface area (TPSA) is 140 Å². The number of carbonyl (C=O) groups excluding carboxylic acids is 1. The quantitative estimate of drug-likeness (QED) is 0.0868. The molecule has 0 aliphatic carbocycles. The van der Waals surface area contributed by atoms with Crippen LogP contribution in [0.3, 0.4) is 0 Å². The van der Waals surface area contributed by atoms with Crippen LogP contribution in [0.5, 0.6) is 5.75 Å². The van der Waals surface area contributed by atoms with Crippen LogP contribution in [0.4, 0.5) is 16.2 Å². The standard InChI is InChI=1S/C31H35Cl2N3O8/c1-2-43-29(30(37)38)19-22-5-11-28(12-6-22)44-16-14-35(31(39)34-26-7-9-27(10-8-26)36(40)41)13-3-4-15-42-21-23-17-24(32)20-25(33)18-23/h5-12,17-18,20,29H,2-4,13-16,19,21H2,1H3,(H,34,39)(H,37,38). The lowest BCUT2D eigenvalue weighted by molar-refractivity contribution is -0.384. The second-order valence-corrected chi connectivity index (χ2v) is 10.6. The minimum atomic E-state index is -1.02. The lowest BCUT2D eigenvalue weighted by Gasteiger charge is -2.23. The van der Waals surface area contributed by atoms with Gasteiger partial charge in [-0.15, -0.1) is 0 Å². The third-order valence-electron chi connectivity index (χ3n) is 6.39. The van der Waals surface area contributed by atoms with Crippen molar-refractivity contribution in [2.24, 2.45) is 0 Å². The number of nitro groups is 1. The van der Waals surface area contributed by atoms with Gasteiger partial charge < -0.3 is 29.5 Å². The molecule has 0 heterocycles. The molecule has 0 aliphatic heterocycles. The van der Waals surface area contributed by atoms with Crippen molar-refractivity contribution in [2.45, 2.75) is 38.9 Å². The van der Waals surface area contributed by atoms with Crippen molar-refractivity contribution >= 4 is 46.6 Å². The lowest BCUT2D eigenvalue weighted by atomic mass is 10.1. The molecule has 3 aromatic rings. The predicted molar refractivity (Wildman–Crippen MR) is 168 cm³/mol. The number of non-ortho nitro benzene ring substituents is 1. The number of halogens is 2. The number of unbranched alkanes of at least 4 members (excludes halogenated alkanes) is 1. The average Bonchev–Trinajstić information content (AvgIpc) is 2.98. The van der Waals surface area contributed by atoms with Crippen LogP contribution in [0.2, 0.25) is 10.0 Å². The van der Waals surface area contributed by atoms with Crippen LogP contribution >= 0.6 is 23.2 Å². The smallest absolute Gasteiger partial charge is 0.333 e. The fraction of sp³-hybridized carbons (Fsp3) is 0.355. The maximum Gasteiger partial charge on any atom is 0.333 e. The first kappa shape index (κ1) is 34.6. The van der Waals surface area contributed by atoms with Crippen LogP contribution in [0.25, 0.3) is 0 Å². The van der Waals surface area contributed by atoms with Crippen molar-refractivity contribution in [1.29, 1.82) is 0 Å². The molecule has 0 bridgehead atoms. The number of nitro benzene ring substituents is 1. The van der Waals surface area contributed by atoms with Crippen molar-refractivity contribution in [3.05, 3.63) is 98.0 Å². The van der Waals surface area contributed by atoms with Gasteiger partial charge in [0.25, 0.3) is 5.69 Å². The van der Waals surface area contributed by atoms with Crippen molar-refractivity contribution in [3.63, 3.8) is 0 Å². The summed E-state index contributed by atoms with van der Waals surface area (Å²) in [5.41, 5.74) is 2.02. The number of ether oxygens (including phenoxy) is 3. The molecule has 0 fully saturated rings. The molecule has 0 radical (unpaired) electrons. The Morgan fingerprint density at radius 2 is 1.64 bits per heavy atom. The highest BCUT2D eigenvalue weighted by Crippen LogP contribution is 2.20. The summed E-state index contributed by atoms with van der Waals surface area (Å²) in [5.74, 6) is -0.445. The largest absolute Gasteiger partial charge is 0.492 e. The van der Waals surface area contributed by atoms with Gasteiger partial charge in [-0.1, -0.05) is 35.3 Å². The van der Waals surface area contributed by atoms with Crippen molar-refractivity contribution < 1.29 is 33.8 Å². The Labute approximate surface area is 265 Å². The maximum absolute atomic E-state index is 13.1. The first-order chi connectivity index (χ1) is 21.1. The SMILES string of the molecule is CCOC(Cc1ccc(OCCN(CCCCOCc2cc(Cl)cc(Cl)c2)C(=O)Nc2ccc([N+](=O)[O-])cc2)cc1)C(=O)O. The number of aliphatic carboxylic acids is 1. The van der Waals surface area contributed by atoms with E-state index in [1.54, 1.807) is 54.3 Å². The number of carboxylic acid groups (broad SMARTS) is 1. The third kappa shape index (κ3) is 12.0. The molecule has 44 heavy (non-hydrogen) atoms. The van der Waals surface area contributed by atoms with E-state index >= 15 is 0 Å². The molecule has 11 nitrogen and oxygen atoms in total. The molecule has 236 valence electrons. The summed E-state index contributed by atoms with van der Waals surface area (Å²) in [7, 11) is 0. The van der Waals surface area contributed by atoms with Gasteiger partial charge in [-0.3, -0.25) is 10.1 Å². The fourth-order valence-electron chi connectivity index (χ4n) is 4.20. The zero-order valence-corrected chi connectivity index (χ0v) is 25.8. The van der Waals surface area contributed by atoms with E-state index in [-0.39, 0.29) is 31.3 Å². The number of urea groups is 1. The molecule has 13 heteroatoms. The van der Waals surface area contributed by atoms with Gasteiger partial charge in [0.1, 0.15) is 12.4 Å². The molecule has 0 aromatic heterocycles. The van der Waals surface area contributed by atoms with Gasteiger partial charge in [0.05, 0.1) is 18.1 Å². The summed E-state index contributed by atoms with van der Waals surface area (Å²) >= 11 is 12.1. The van der Waals surface area contributed by atoms with Gasteiger partial charge in [0.2, 0.25) is 0 Å². The third-order valence-corrected chi connectivity index (χ3v) is 6.83. The Bertz CT molecular complexity index is 1350. The number of benzene rings is 3. The Balaban J connectivity index is 1.52. The van der Waals surface area contributed by atoms with E-state index in [0.717, 1.165) is 11.1 Å². The summed E-state index contributed by atoms with van der Waals surface area (Å²) in [6, 6.07) is 17.5. The number of rotatable bonds is 18. The zero-order chi connectivity index (χ0) is 31.9. The highest BCUT2D eigenvalue weighted by Gasteiger charge is 2.18. The van der Waals surface area contributed by atoms with E-state index in [4.69, 9.17) is 37.4 Å². The summed E-state index contributed by atoms with van der Waals surface area (Å²) in [4.78, 5) is 36.5. The molecule has 0 spiro atoms. The monoisotopic (exact) mass is 647 g/mol. The van der Waals surface area contributed by atoms with Crippen LogP contribution in [-0.4, -0.2) is 65.9 Å². The van der Waals surface area contributed by atoms with Crippen LogP contribution in [0, 0.1) is 10.1 Å². The molecule has 2 amide bonds. The number of amides is 2. The number of hydrogen-bond donors (Lipinski definition) is 2. The zero-order valence-electron chi connectivity index (χ0n) is 24.2. The minimum Gasteiger partial charge on any atom is -0.492 e. The number of carboxylic acids is 1. The molecule has 2 N–H and O–H groups in total. The average molecular weight is 649 g/mol. The number of carbonyl (C=O) groups is 2. The predicted octanol–water partition coefficient (Wildman–Crippen LogP) is 6.84. The molecule has 0 saturated heterocycles. The number of nitrogens with zero attached hydrogens (tertiary/aromatic N) is 2. The summed E-state index contributed by atoms with van der Waals surface area (Å²) in [5, 5.41) is 24.1. The summed E-state index contributed by atoms with van der Waals surface area (Å²) in [6.07, 6.45) is 0.659.